The molecule has 1 amide bonds. The molecule has 0 aromatic carbocycles. The molecule has 0 aliphatic rings. The molecule has 0 saturated carbocycles. The second-order valence-electron chi connectivity index (χ2n) is 3.35. The maximum atomic E-state index is 11.0. The van der Waals surface area contributed by atoms with E-state index >= 15 is 0 Å². The summed E-state index contributed by atoms with van der Waals surface area (Å²) in [5.41, 5.74) is 4.47. The number of hydrogen-bond donors (Lipinski definition) is 2. The van der Waals surface area contributed by atoms with Crippen LogP contribution in [0, 0.1) is 0 Å². The van der Waals surface area contributed by atoms with E-state index < -0.39 is 5.54 Å². The number of rotatable bonds is 7. The highest BCUT2D eigenvalue weighted by molar-refractivity contribution is 5.84. The number of primary amides is 1. The van der Waals surface area contributed by atoms with Crippen molar-refractivity contribution in [2.45, 2.75) is 32.2 Å². The quantitative estimate of drug-likeness (QED) is 0.563. The summed E-state index contributed by atoms with van der Waals surface area (Å²) in [5.74, 6) is -0.383. The lowest BCUT2D eigenvalue weighted by Crippen LogP contribution is -2.54. The number of carbonyl (C=O) groups is 1. The molecule has 0 aliphatic carbocycles. The van der Waals surface area contributed by atoms with Crippen LogP contribution in [0.5, 0.6) is 0 Å². The average Bonchev–Trinajstić information content (AvgIpc) is 2.12. The highest BCUT2D eigenvalue weighted by Crippen LogP contribution is 2.03. The van der Waals surface area contributed by atoms with Crippen LogP contribution in [0.4, 0.5) is 0 Å². The molecule has 0 heterocycles. The number of hydrogen-bond acceptors (Lipinski definition) is 3. The lowest BCUT2D eigenvalue weighted by atomic mass is 10.0. The largest absolute Gasteiger partial charge is 0.379 e. The van der Waals surface area contributed by atoms with Crippen LogP contribution in [0.15, 0.2) is 0 Å². The van der Waals surface area contributed by atoms with Crippen LogP contribution in [0.3, 0.4) is 0 Å². The van der Waals surface area contributed by atoms with Gasteiger partial charge in [0, 0.05) is 6.61 Å². The Morgan fingerprint density at radius 3 is 2.62 bits per heavy atom. The van der Waals surface area contributed by atoms with Gasteiger partial charge < -0.3 is 15.8 Å². The molecule has 3 N–H and O–H groups in total. The second kappa shape index (κ2) is 5.94. The van der Waals surface area contributed by atoms with Crippen molar-refractivity contribution in [3.63, 3.8) is 0 Å². The van der Waals surface area contributed by atoms with E-state index in [-0.39, 0.29) is 5.91 Å². The zero-order valence-corrected chi connectivity index (χ0v) is 8.72. The minimum absolute atomic E-state index is 0.332. The summed E-state index contributed by atoms with van der Waals surface area (Å²) >= 11 is 0. The summed E-state index contributed by atoms with van der Waals surface area (Å²) in [6.45, 7) is 4.84. The summed E-state index contributed by atoms with van der Waals surface area (Å²) < 4.78 is 5.33. The average molecular weight is 188 g/mol. The van der Waals surface area contributed by atoms with Crippen molar-refractivity contribution in [1.29, 1.82) is 0 Å². The minimum Gasteiger partial charge on any atom is -0.379 e. The number of amides is 1. The molecule has 0 aromatic rings. The van der Waals surface area contributed by atoms with Crippen LogP contribution >= 0.6 is 0 Å². The van der Waals surface area contributed by atoms with Gasteiger partial charge in [-0.1, -0.05) is 13.3 Å². The van der Waals surface area contributed by atoms with E-state index in [1.807, 2.05) is 0 Å². The monoisotopic (exact) mass is 188 g/mol. The number of carbonyl (C=O) groups excluding carboxylic acids is 1. The molecular weight excluding hydrogens is 168 g/mol. The standard InChI is InChI=1S/C9H20N2O2/c1-4-5-6-13-7-9(2,11-3)8(10)12/h11H,4-7H2,1-3H3,(H2,10,12). The van der Waals surface area contributed by atoms with Crippen LogP contribution in [0.25, 0.3) is 0 Å². The first-order valence-electron chi connectivity index (χ1n) is 4.63. The molecular formula is C9H20N2O2. The van der Waals surface area contributed by atoms with Crippen molar-refractivity contribution < 1.29 is 9.53 Å². The number of likely N-dealkylation sites (N-methyl/N-ethyl adjacent to an activating group) is 1. The van der Waals surface area contributed by atoms with Gasteiger partial charge in [-0.3, -0.25) is 4.79 Å². The molecule has 0 spiro atoms. The maximum absolute atomic E-state index is 11.0. The Bertz CT molecular complexity index is 162. The van der Waals surface area contributed by atoms with Gasteiger partial charge in [0.15, 0.2) is 0 Å². The smallest absolute Gasteiger partial charge is 0.239 e. The highest BCUT2D eigenvalue weighted by Gasteiger charge is 2.28. The Morgan fingerprint density at radius 2 is 2.23 bits per heavy atom. The molecule has 4 nitrogen and oxygen atoms in total. The topological polar surface area (TPSA) is 64.3 Å². The van der Waals surface area contributed by atoms with E-state index in [2.05, 4.69) is 12.2 Å². The van der Waals surface area contributed by atoms with Crippen molar-refractivity contribution in [2.75, 3.05) is 20.3 Å². The summed E-state index contributed by atoms with van der Waals surface area (Å²) in [5, 5.41) is 2.86. The summed E-state index contributed by atoms with van der Waals surface area (Å²) in [7, 11) is 1.70. The first kappa shape index (κ1) is 12.4. The normalized spacial score (nSPS) is 15.3. The van der Waals surface area contributed by atoms with E-state index in [1.54, 1.807) is 14.0 Å². The fraction of sp³-hybridized carbons (Fsp3) is 0.889. The molecule has 0 aliphatic heterocycles. The molecule has 1 unspecified atom stereocenters. The SMILES string of the molecule is CCCCOCC(C)(NC)C(N)=O. The van der Waals surface area contributed by atoms with Crippen LogP contribution < -0.4 is 11.1 Å². The van der Waals surface area contributed by atoms with Gasteiger partial charge in [-0.2, -0.15) is 0 Å². The molecule has 1 atom stereocenters. The second-order valence-corrected chi connectivity index (χ2v) is 3.35. The number of nitrogens with two attached hydrogens (primary N) is 1. The Morgan fingerprint density at radius 1 is 1.62 bits per heavy atom. The summed E-state index contributed by atoms with van der Waals surface area (Å²) in [4.78, 5) is 11.0. The van der Waals surface area contributed by atoms with Gasteiger partial charge in [0.2, 0.25) is 5.91 Å². The molecule has 13 heavy (non-hydrogen) atoms. The van der Waals surface area contributed by atoms with Crippen LogP contribution in [-0.2, 0) is 9.53 Å². The molecule has 0 rings (SSSR count). The fourth-order valence-electron chi connectivity index (χ4n) is 0.789. The molecule has 0 bridgehead atoms. The third kappa shape index (κ3) is 4.24. The van der Waals surface area contributed by atoms with E-state index in [4.69, 9.17) is 10.5 Å². The van der Waals surface area contributed by atoms with Gasteiger partial charge in [0.1, 0.15) is 5.54 Å². The molecule has 0 fully saturated rings. The van der Waals surface area contributed by atoms with Crippen molar-refractivity contribution in [3.05, 3.63) is 0 Å². The van der Waals surface area contributed by atoms with Crippen LogP contribution in [0.1, 0.15) is 26.7 Å². The summed E-state index contributed by atoms with van der Waals surface area (Å²) in [6, 6.07) is 0. The van der Waals surface area contributed by atoms with Gasteiger partial charge in [-0.25, -0.2) is 0 Å². The molecule has 78 valence electrons. The molecule has 0 aromatic heterocycles. The first-order valence-corrected chi connectivity index (χ1v) is 4.63. The minimum atomic E-state index is -0.742. The van der Waals surface area contributed by atoms with Crippen LogP contribution in [-0.4, -0.2) is 31.7 Å². The Hall–Kier alpha value is -0.610. The lowest BCUT2D eigenvalue weighted by Gasteiger charge is -2.24. The zero-order chi connectivity index (χ0) is 10.3. The molecule has 0 radical (unpaired) electrons. The third-order valence-corrected chi connectivity index (χ3v) is 2.13. The van der Waals surface area contributed by atoms with E-state index in [0.29, 0.717) is 13.2 Å². The third-order valence-electron chi connectivity index (χ3n) is 2.13. The van der Waals surface area contributed by atoms with Crippen molar-refractivity contribution in [3.8, 4) is 0 Å². The van der Waals surface area contributed by atoms with Crippen LogP contribution in [0.2, 0.25) is 0 Å². The van der Waals surface area contributed by atoms with Gasteiger partial charge in [-0.05, 0) is 20.4 Å². The van der Waals surface area contributed by atoms with E-state index in [9.17, 15) is 4.79 Å². The predicted molar refractivity (Wildman–Crippen MR) is 52.4 cm³/mol. The molecule has 0 saturated heterocycles. The Balaban J connectivity index is 3.78. The highest BCUT2D eigenvalue weighted by atomic mass is 16.5. The van der Waals surface area contributed by atoms with Gasteiger partial charge >= 0.3 is 0 Å². The Kier molecular flexibility index (Phi) is 5.66. The van der Waals surface area contributed by atoms with Gasteiger partial charge in [0.05, 0.1) is 6.61 Å². The van der Waals surface area contributed by atoms with E-state index in [1.165, 1.54) is 0 Å². The zero-order valence-electron chi connectivity index (χ0n) is 8.72. The number of nitrogens with one attached hydrogen (secondary N) is 1. The Labute approximate surface area is 79.8 Å². The van der Waals surface area contributed by atoms with Crippen molar-refractivity contribution >= 4 is 5.91 Å². The number of unbranched alkanes of at least 4 members (excludes halogenated alkanes) is 1. The fourth-order valence-corrected chi connectivity index (χ4v) is 0.789. The first-order chi connectivity index (χ1) is 6.06. The molecule has 4 heteroatoms. The van der Waals surface area contributed by atoms with Crippen molar-refractivity contribution in [2.24, 2.45) is 5.73 Å². The van der Waals surface area contributed by atoms with Gasteiger partial charge in [-0.15, -0.1) is 0 Å². The lowest BCUT2D eigenvalue weighted by molar-refractivity contribution is -0.126. The maximum Gasteiger partial charge on any atom is 0.239 e. The van der Waals surface area contributed by atoms with E-state index in [0.717, 1.165) is 12.8 Å². The van der Waals surface area contributed by atoms with Gasteiger partial charge in [0.25, 0.3) is 0 Å². The number of ether oxygens (including phenoxy) is 1. The predicted octanol–water partition coefficient (Wildman–Crippen LogP) is 0.267. The van der Waals surface area contributed by atoms with Crippen molar-refractivity contribution in [1.82, 2.24) is 5.32 Å². The summed E-state index contributed by atoms with van der Waals surface area (Å²) in [6.07, 6.45) is 2.10.